The SMILES string of the molecule is O=C1C/C(=C\c2cccnc2)C(=O)N1c1cccc(Cl)c1. The number of nitrogens with zero attached hydrogens (tertiary/aromatic N) is 2. The zero-order valence-corrected chi connectivity index (χ0v) is 11.7. The summed E-state index contributed by atoms with van der Waals surface area (Å²) in [6.07, 6.45) is 5.08. The van der Waals surface area contributed by atoms with Gasteiger partial charge in [0.1, 0.15) is 0 Å². The first-order valence-corrected chi connectivity index (χ1v) is 6.76. The highest BCUT2D eigenvalue weighted by Crippen LogP contribution is 2.28. The fourth-order valence-corrected chi connectivity index (χ4v) is 2.41. The van der Waals surface area contributed by atoms with Gasteiger partial charge in [-0.25, -0.2) is 4.90 Å². The van der Waals surface area contributed by atoms with Gasteiger partial charge in [-0.05, 0) is 35.9 Å². The third-order valence-electron chi connectivity index (χ3n) is 3.16. The number of amides is 2. The fraction of sp³-hybridized carbons (Fsp3) is 0.0625. The Kier molecular flexibility index (Phi) is 3.54. The van der Waals surface area contributed by atoms with Gasteiger partial charge in [-0.3, -0.25) is 14.6 Å². The first kappa shape index (κ1) is 13.5. The summed E-state index contributed by atoms with van der Waals surface area (Å²) in [5, 5.41) is 0.484. The highest BCUT2D eigenvalue weighted by molar-refractivity contribution is 6.32. The molecule has 2 heterocycles. The molecular weight excluding hydrogens is 288 g/mol. The number of aromatic nitrogens is 1. The van der Waals surface area contributed by atoms with Gasteiger partial charge in [0.05, 0.1) is 12.1 Å². The summed E-state index contributed by atoms with van der Waals surface area (Å²) in [5.41, 5.74) is 1.74. The number of hydrogen-bond donors (Lipinski definition) is 0. The van der Waals surface area contributed by atoms with E-state index >= 15 is 0 Å². The number of rotatable bonds is 2. The fourth-order valence-electron chi connectivity index (χ4n) is 2.23. The molecule has 2 aromatic rings. The van der Waals surface area contributed by atoms with E-state index in [1.54, 1.807) is 48.8 Å². The molecule has 0 N–H and O–H groups in total. The Bertz CT molecular complexity index is 741. The van der Waals surface area contributed by atoms with Crippen LogP contribution in [0.5, 0.6) is 0 Å². The van der Waals surface area contributed by atoms with Gasteiger partial charge in [0.2, 0.25) is 5.91 Å². The molecule has 1 aromatic heterocycles. The van der Waals surface area contributed by atoms with E-state index < -0.39 is 0 Å². The van der Waals surface area contributed by atoms with E-state index in [0.29, 0.717) is 16.3 Å². The number of pyridine rings is 1. The van der Waals surface area contributed by atoms with Crippen LogP contribution in [0, 0.1) is 0 Å². The Balaban J connectivity index is 1.94. The Morgan fingerprint density at radius 1 is 1.19 bits per heavy atom. The van der Waals surface area contributed by atoms with Gasteiger partial charge < -0.3 is 0 Å². The molecule has 1 aromatic carbocycles. The van der Waals surface area contributed by atoms with Crippen LogP contribution < -0.4 is 4.90 Å². The molecule has 0 spiro atoms. The second-order valence-electron chi connectivity index (χ2n) is 4.65. The van der Waals surface area contributed by atoms with Gasteiger partial charge in [0, 0.05) is 23.0 Å². The molecule has 1 fully saturated rings. The van der Waals surface area contributed by atoms with Crippen molar-refractivity contribution in [2.24, 2.45) is 0 Å². The number of benzene rings is 1. The number of carbonyl (C=O) groups excluding carboxylic acids is 2. The minimum Gasteiger partial charge on any atom is -0.274 e. The number of carbonyl (C=O) groups is 2. The van der Waals surface area contributed by atoms with E-state index in [2.05, 4.69) is 4.98 Å². The number of imide groups is 1. The van der Waals surface area contributed by atoms with Crippen LogP contribution in [0.2, 0.25) is 5.02 Å². The molecule has 2 amide bonds. The molecule has 1 saturated heterocycles. The van der Waals surface area contributed by atoms with E-state index in [0.717, 1.165) is 10.5 Å². The Morgan fingerprint density at radius 3 is 2.76 bits per heavy atom. The minimum absolute atomic E-state index is 0.0836. The van der Waals surface area contributed by atoms with Gasteiger partial charge in [-0.2, -0.15) is 0 Å². The molecule has 3 rings (SSSR count). The van der Waals surface area contributed by atoms with E-state index in [4.69, 9.17) is 11.6 Å². The molecule has 5 heteroatoms. The lowest BCUT2D eigenvalue weighted by atomic mass is 10.1. The van der Waals surface area contributed by atoms with Gasteiger partial charge in [0.15, 0.2) is 0 Å². The van der Waals surface area contributed by atoms with Crippen molar-refractivity contribution in [1.29, 1.82) is 0 Å². The summed E-state index contributed by atoms with van der Waals surface area (Å²) >= 11 is 5.91. The van der Waals surface area contributed by atoms with Crippen molar-refractivity contribution >= 4 is 35.2 Å². The monoisotopic (exact) mass is 298 g/mol. The van der Waals surface area contributed by atoms with Crippen molar-refractivity contribution in [3.05, 3.63) is 65.0 Å². The van der Waals surface area contributed by atoms with Crippen molar-refractivity contribution in [2.45, 2.75) is 6.42 Å². The largest absolute Gasteiger partial charge is 0.274 e. The van der Waals surface area contributed by atoms with Crippen LogP contribution in [-0.2, 0) is 9.59 Å². The second kappa shape index (κ2) is 5.50. The average Bonchev–Trinajstić information content (AvgIpc) is 2.74. The number of anilines is 1. The van der Waals surface area contributed by atoms with E-state index in [1.165, 1.54) is 0 Å². The number of hydrogen-bond acceptors (Lipinski definition) is 3. The summed E-state index contributed by atoms with van der Waals surface area (Å²) in [5.74, 6) is -0.566. The third-order valence-corrected chi connectivity index (χ3v) is 3.40. The van der Waals surface area contributed by atoms with Crippen LogP contribution in [0.4, 0.5) is 5.69 Å². The van der Waals surface area contributed by atoms with Crippen LogP contribution >= 0.6 is 11.6 Å². The van der Waals surface area contributed by atoms with E-state index in [-0.39, 0.29) is 18.2 Å². The van der Waals surface area contributed by atoms with Crippen molar-refractivity contribution in [3.63, 3.8) is 0 Å². The maximum atomic E-state index is 12.4. The normalized spacial score (nSPS) is 16.8. The second-order valence-corrected chi connectivity index (χ2v) is 5.08. The molecule has 4 nitrogen and oxygen atoms in total. The van der Waals surface area contributed by atoms with Gasteiger partial charge in [0.25, 0.3) is 5.91 Å². The van der Waals surface area contributed by atoms with Crippen molar-refractivity contribution < 1.29 is 9.59 Å². The lowest BCUT2D eigenvalue weighted by Crippen LogP contribution is -2.28. The van der Waals surface area contributed by atoms with Crippen molar-refractivity contribution in [3.8, 4) is 0 Å². The maximum Gasteiger partial charge on any atom is 0.261 e. The smallest absolute Gasteiger partial charge is 0.261 e. The van der Waals surface area contributed by atoms with Crippen LogP contribution in [-0.4, -0.2) is 16.8 Å². The summed E-state index contributed by atoms with van der Waals surface area (Å²) in [4.78, 5) is 29.7. The van der Waals surface area contributed by atoms with Crippen LogP contribution in [0.15, 0.2) is 54.4 Å². The summed E-state index contributed by atoms with van der Waals surface area (Å²) in [6.45, 7) is 0. The number of halogens is 1. The predicted octanol–water partition coefficient (Wildman–Crippen LogP) is 3.08. The summed E-state index contributed by atoms with van der Waals surface area (Å²) in [6, 6.07) is 10.3. The first-order chi connectivity index (χ1) is 10.1. The molecule has 0 radical (unpaired) electrons. The minimum atomic E-state index is -0.314. The van der Waals surface area contributed by atoms with Gasteiger partial charge in [-0.1, -0.05) is 23.7 Å². The molecule has 104 valence electrons. The first-order valence-electron chi connectivity index (χ1n) is 6.38. The predicted molar refractivity (Wildman–Crippen MR) is 80.8 cm³/mol. The molecule has 0 unspecified atom stereocenters. The molecule has 0 bridgehead atoms. The summed E-state index contributed by atoms with van der Waals surface area (Å²) in [7, 11) is 0. The Labute approximate surface area is 126 Å². The average molecular weight is 299 g/mol. The zero-order chi connectivity index (χ0) is 14.8. The molecule has 0 atom stereocenters. The third kappa shape index (κ3) is 2.71. The van der Waals surface area contributed by atoms with Crippen LogP contribution in [0.3, 0.4) is 0 Å². The standard InChI is InChI=1S/C16H11ClN2O2/c17-13-4-1-5-14(9-13)19-15(20)8-12(16(19)21)7-11-3-2-6-18-10-11/h1-7,9-10H,8H2/b12-7+. The van der Waals surface area contributed by atoms with E-state index in [9.17, 15) is 9.59 Å². The quantitative estimate of drug-likeness (QED) is 0.632. The van der Waals surface area contributed by atoms with Crippen molar-refractivity contribution in [2.75, 3.05) is 4.90 Å². The van der Waals surface area contributed by atoms with Gasteiger partial charge in [-0.15, -0.1) is 0 Å². The molecule has 0 saturated carbocycles. The molecule has 1 aliphatic heterocycles. The highest BCUT2D eigenvalue weighted by atomic mass is 35.5. The molecule has 21 heavy (non-hydrogen) atoms. The lowest BCUT2D eigenvalue weighted by molar-refractivity contribution is -0.120. The van der Waals surface area contributed by atoms with Crippen LogP contribution in [0.25, 0.3) is 6.08 Å². The van der Waals surface area contributed by atoms with E-state index in [1.807, 2.05) is 6.07 Å². The van der Waals surface area contributed by atoms with Gasteiger partial charge >= 0.3 is 0 Å². The molecule has 1 aliphatic rings. The van der Waals surface area contributed by atoms with Crippen molar-refractivity contribution in [1.82, 2.24) is 4.98 Å². The highest BCUT2D eigenvalue weighted by Gasteiger charge is 2.34. The Hall–Kier alpha value is -2.46. The van der Waals surface area contributed by atoms with Crippen LogP contribution in [0.1, 0.15) is 12.0 Å². The Morgan fingerprint density at radius 2 is 2.05 bits per heavy atom. The maximum absolute atomic E-state index is 12.4. The lowest BCUT2D eigenvalue weighted by Gasteiger charge is -2.13. The molecule has 0 aliphatic carbocycles. The zero-order valence-electron chi connectivity index (χ0n) is 11.0. The molecular formula is C16H11ClN2O2. The summed E-state index contributed by atoms with van der Waals surface area (Å²) < 4.78 is 0. The topological polar surface area (TPSA) is 50.3 Å².